The highest BCUT2D eigenvalue weighted by Gasteiger charge is 2.21. The topological polar surface area (TPSA) is 111 Å². The third kappa shape index (κ3) is 2.13. The van der Waals surface area contributed by atoms with Crippen LogP contribution in [0.4, 0.5) is 10.7 Å². The third-order valence-corrected chi connectivity index (χ3v) is 2.98. The molecule has 0 aliphatic rings. The number of aromatic nitrogens is 2. The molecule has 0 bridgehead atoms. The number of amides is 1. The Morgan fingerprint density at radius 2 is 2.11 bits per heavy atom. The second-order valence-corrected chi connectivity index (χ2v) is 4.54. The van der Waals surface area contributed by atoms with Gasteiger partial charge in [-0.05, 0) is 12.1 Å². The molecule has 0 radical (unpaired) electrons. The number of carbonyl (C=O) groups excluding carboxylic acids is 1. The van der Waals surface area contributed by atoms with Crippen molar-refractivity contribution in [2.24, 2.45) is 0 Å². The maximum absolute atomic E-state index is 11.3. The zero-order chi connectivity index (χ0) is 13.3. The van der Waals surface area contributed by atoms with E-state index in [9.17, 15) is 13.2 Å². The van der Waals surface area contributed by atoms with Crippen LogP contribution in [0.25, 0.3) is 11.0 Å². The van der Waals surface area contributed by atoms with E-state index in [1.54, 1.807) is 18.2 Å². The van der Waals surface area contributed by atoms with Gasteiger partial charge >= 0.3 is 16.4 Å². The fraction of sp³-hybridized carbons (Fsp3) is 0.111. The monoisotopic (exact) mass is 271 g/mol. The molecular formula is C9H9N3O5S. The molecule has 18 heavy (non-hydrogen) atoms. The first-order valence-corrected chi connectivity index (χ1v) is 6.13. The number of para-hydroxylation sites is 2. The molecule has 0 unspecified atom stereocenters. The Morgan fingerprint density at radius 1 is 1.44 bits per heavy atom. The molecule has 1 amide bonds. The minimum absolute atomic E-state index is 0.145. The number of imidazole rings is 1. The highest BCUT2D eigenvalue weighted by molar-refractivity contribution is 7.84. The fourth-order valence-electron chi connectivity index (χ4n) is 1.46. The Labute approximate surface area is 102 Å². The predicted molar refractivity (Wildman–Crippen MR) is 62.7 cm³/mol. The average Bonchev–Trinajstić information content (AvgIpc) is 2.65. The van der Waals surface area contributed by atoms with Crippen LogP contribution < -0.4 is 5.32 Å². The number of carbonyl (C=O) groups is 1. The quantitative estimate of drug-likeness (QED) is 0.784. The Balaban J connectivity index is 2.69. The maximum Gasteiger partial charge on any atom is 0.413 e. The zero-order valence-electron chi connectivity index (χ0n) is 9.19. The van der Waals surface area contributed by atoms with E-state index in [1.165, 1.54) is 6.07 Å². The van der Waals surface area contributed by atoms with Gasteiger partial charge < -0.3 is 4.74 Å². The van der Waals surface area contributed by atoms with Crippen molar-refractivity contribution in [3.8, 4) is 0 Å². The summed E-state index contributed by atoms with van der Waals surface area (Å²) in [6, 6.07) is 6.21. The molecule has 1 aromatic carbocycles. The van der Waals surface area contributed by atoms with E-state index < -0.39 is 16.4 Å². The molecule has 2 N–H and O–H groups in total. The van der Waals surface area contributed by atoms with Crippen molar-refractivity contribution >= 4 is 33.4 Å². The van der Waals surface area contributed by atoms with Gasteiger partial charge in [0.2, 0.25) is 5.95 Å². The van der Waals surface area contributed by atoms with Crippen LogP contribution in [0.15, 0.2) is 24.3 Å². The number of hydrogen-bond acceptors (Lipinski definition) is 5. The fourth-order valence-corrected chi connectivity index (χ4v) is 2.17. The van der Waals surface area contributed by atoms with Gasteiger partial charge in [-0.1, -0.05) is 12.1 Å². The summed E-state index contributed by atoms with van der Waals surface area (Å²) in [5.74, 6) is -0.342. The van der Waals surface area contributed by atoms with Gasteiger partial charge in [0.25, 0.3) is 0 Å². The number of ether oxygens (including phenoxy) is 1. The summed E-state index contributed by atoms with van der Waals surface area (Å²) in [5, 5.41) is 2.11. The van der Waals surface area contributed by atoms with Gasteiger partial charge in [0.05, 0.1) is 18.1 Å². The van der Waals surface area contributed by atoms with Crippen LogP contribution in [0.1, 0.15) is 0 Å². The van der Waals surface area contributed by atoms with Gasteiger partial charge in [0.1, 0.15) is 0 Å². The van der Waals surface area contributed by atoms with E-state index in [4.69, 9.17) is 4.55 Å². The number of anilines is 1. The number of hydrogen-bond donors (Lipinski definition) is 2. The largest absolute Gasteiger partial charge is 0.453 e. The van der Waals surface area contributed by atoms with Crippen molar-refractivity contribution in [1.29, 1.82) is 0 Å². The van der Waals surface area contributed by atoms with Gasteiger partial charge in [-0.3, -0.25) is 9.87 Å². The molecule has 2 aromatic rings. The number of methoxy groups -OCH3 is 1. The minimum Gasteiger partial charge on any atom is -0.453 e. The summed E-state index contributed by atoms with van der Waals surface area (Å²) >= 11 is 0. The van der Waals surface area contributed by atoms with Crippen molar-refractivity contribution < 1.29 is 22.5 Å². The molecule has 0 saturated heterocycles. The minimum atomic E-state index is -4.59. The van der Waals surface area contributed by atoms with Gasteiger partial charge in [0.15, 0.2) is 0 Å². The number of rotatable bonds is 2. The van der Waals surface area contributed by atoms with Gasteiger partial charge in [0, 0.05) is 0 Å². The zero-order valence-corrected chi connectivity index (χ0v) is 10.0. The Bertz CT molecular complexity index is 706. The second kappa shape index (κ2) is 4.27. The lowest BCUT2D eigenvalue weighted by atomic mass is 10.3. The number of nitrogens with zero attached hydrogens (tertiary/aromatic N) is 2. The van der Waals surface area contributed by atoms with Crippen LogP contribution >= 0.6 is 0 Å². The highest BCUT2D eigenvalue weighted by Crippen LogP contribution is 2.21. The predicted octanol–water partition coefficient (Wildman–Crippen LogP) is 0.865. The molecule has 8 nitrogen and oxygen atoms in total. The molecule has 0 fully saturated rings. The Hall–Kier alpha value is -2.13. The Morgan fingerprint density at radius 3 is 2.72 bits per heavy atom. The summed E-state index contributed by atoms with van der Waals surface area (Å²) in [6.07, 6.45) is -0.893. The van der Waals surface area contributed by atoms with E-state index in [0.29, 0.717) is 9.49 Å². The molecule has 0 aliphatic heterocycles. The number of benzene rings is 1. The Kier molecular flexibility index (Phi) is 2.93. The summed E-state index contributed by atoms with van der Waals surface area (Å²) in [7, 11) is -3.47. The van der Waals surface area contributed by atoms with Crippen LogP contribution in [0.2, 0.25) is 0 Å². The standard InChI is InChI=1S/C9H9N3O5S/c1-17-9(13)11-8-10-6-4-2-3-5-7(6)12(8)18(14,15)16/h2-5H,1H3,(H,10,11,13)(H,14,15,16). The van der Waals surface area contributed by atoms with Gasteiger partial charge in [-0.15, -0.1) is 0 Å². The SMILES string of the molecule is COC(=O)Nc1nc2ccccc2n1S(=O)(=O)O. The van der Waals surface area contributed by atoms with E-state index in [-0.39, 0.29) is 11.5 Å². The highest BCUT2D eigenvalue weighted by atomic mass is 32.2. The normalized spacial score (nSPS) is 11.4. The van der Waals surface area contributed by atoms with Crippen LogP contribution in [0, 0.1) is 0 Å². The lowest BCUT2D eigenvalue weighted by Crippen LogP contribution is -2.19. The first kappa shape index (κ1) is 12.3. The lowest BCUT2D eigenvalue weighted by molar-refractivity contribution is 0.186. The third-order valence-electron chi connectivity index (χ3n) is 2.15. The number of fused-ring (bicyclic) bond motifs is 1. The second-order valence-electron chi connectivity index (χ2n) is 3.28. The van der Waals surface area contributed by atoms with Crippen molar-refractivity contribution in [2.45, 2.75) is 0 Å². The van der Waals surface area contributed by atoms with E-state index in [1.807, 2.05) is 0 Å². The summed E-state index contributed by atoms with van der Waals surface area (Å²) in [6.45, 7) is 0. The van der Waals surface area contributed by atoms with Crippen molar-refractivity contribution in [3.05, 3.63) is 24.3 Å². The van der Waals surface area contributed by atoms with Crippen molar-refractivity contribution in [1.82, 2.24) is 8.96 Å². The molecule has 9 heteroatoms. The van der Waals surface area contributed by atoms with E-state index in [2.05, 4.69) is 15.0 Å². The van der Waals surface area contributed by atoms with Crippen molar-refractivity contribution in [3.63, 3.8) is 0 Å². The number of nitrogens with one attached hydrogen (secondary N) is 1. The van der Waals surface area contributed by atoms with E-state index in [0.717, 1.165) is 7.11 Å². The molecule has 2 rings (SSSR count). The smallest absolute Gasteiger partial charge is 0.413 e. The molecule has 1 heterocycles. The molecule has 96 valence electrons. The van der Waals surface area contributed by atoms with Crippen LogP contribution in [0.5, 0.6) is 0 Å². The molecular weight excluding hydrogens is 262 g/mol. The van der Waals surface area contributed by atoms with Crippen LogP contribution in [0.3, 0.4) is 0 Å². The van der Waals surface area contributed by atoms with Gasteiger partial charge in [-0.25, -0.2) is 9.78 Å². The van der Waals surface area contributed by atoms with Crippen LogP contribution in [-0.2, 0) is 15.0 Å². The molecule has 0 saturated carbocycles. The maximum atomic E-state index is 11.3. The molecule has 1 aromatic heterocycles. The summed E-state index contributed by atoms with van der Waals surface area (Å²) in [4.78, 5) is 15.0. The van der Waals surface area contributed by atoms with Gasteiger partial charge in [-0.2, -0.15) is 12.4 Å². The first-order chi connectivity index (χ1) is 8.43. The van der Waals surface area contributed by atoms with Crippen LogP contribution in [-0.4, -0.2) is 35.1 Å². The summed E-state index contributed by atoms with van der Waals surface area (Å²) in [5.41, 5.74) is 0.452. The first-order valence-electron chi connectivity index (χ1n) is 4.74. The molecule has 0 atom stereocenters. The lowest BCUT2D eigenvalue weighted by Gasteiger charge is -2.05. The molecule has 0 aliphatic carbocycles. The van der Waals surface area contributed by atoms with Crippen molar-refractivity contribution in [2.75, 3.05) is 12.4 Å². The molecule has 0 spiro atoms. The average molecular weight is 271 g/mol. The summed E-state index contributed by atoms with van der Waals surface area (Å²) < 4.78 is 36.6. The van der Waals surface area contributed by atoms with E-state index >= 15 is 0 Å².